The summed E-state index contributed by atoms with van der Waals surface area (Å²) in [4.78, 5) is 33.1. The van der Waals surface area contributed by atoms with Gasteiger partial charge in [0.2, 0.25) is 0 Å². The van der Waals surface area contributed by atoms with Crippen LogP contribution in [0.15, 0.2) is 84.9 Å². The maximum absolute atomic E-state index is 11.2. The standard InChI is InChI=1S/C27H19NO6/c28-25-23(17-1-5-19(6-2-17)26(30)31)13-21(16-9-11-22(12-10-16)34-15-29)14-24(25)18-3-7-20(8-4-18)27(32)33/h1-15H,28H2,(H,30,31)(H,32,33). The number of aromatic carboxylic acids is 2. The smallest absolute Gasteiger partial charge is 0.335 e. The molecule has 0 amide bonds. The van der Waals surface area contributed by atoms with E-state index in [9.17, 15) is 24.6 Å². The quantitative estimate of drug-likeness (QED) is 0.259. The Kier molecular flexibility index (Phi) is 6.09. The van der Waals surface area contributed by atoms with Crippen molar-refractivity contribution in [1.29, 1.82) is 0 Å². The Morgan fingerprint density at radius 1 is 0.647 bits per heavy atom. The SMILES string of the molecule is Nc1c(-c2ccc(C(=O)O)cc2)cc(-c2ccc(OC=O)cc2)cc1-c1ccc(C(=O)O)cc1. The van der Waals surface area contributed by atoms with Crippen LogP contribution in [0.4, 0.5) is 5.69 Å². The van der Waals surface area contributed by atoms with Crippen LogP contribution < -0.4 is 10.5 Å². The van der Waals surface area contributed by atoms with Gasteiger partial charge in [-0.05, 0) is 70.8 Å². The van der Waals surface area contributed by atoms with Crippen molar-refractivity contribution < 1.29 is 29.3 Å². The molecule has 7 heteroatoms. The van der Waals surface area contributed by atoms with Crippen LogP contribution in [0.2, 0.25) is 0 Å². The summed E-state index contributed by atoms with van der Waals surface area (Å²) in [7, 11) is 0. The van der Waals surface area contributed by atoms with E-state index in [0.29, 0.717) is 29.0 Å². The molecule has 0 fully saturated rings. The summed E-state index contributed by atoms with van der Waals surface area (Å²) in [6.45, 7) is 0.357. The number of hydrogen-bond donors (Lipinski definition) is 3. The van der Waals surface area contributed by atoms with Gasteiger partial charge in [-0.3, -0.25) is 4.79 Å². The summed E-state index contributed by atoms with van der Waals surface area (Å²) < 4.78 is 4.87. The molecule has 0 heterocycles. The first-order valence-corrected chi connectivity index (χ1v) is 10.2. The van der Waals surface area contributed by atoms with Crippen molar-refractivity contribution in [3.8, 4) is 39.1 Å². The van der Waals surface area contributed by atoms with Crippen LogP contribution in [-0.2, 0) is 4.79 Å². The van der Waals surface area contributed by atoms with Gasteiger partial charge in [-0.1, -0.05) is 36.4 Å². The monoisotopic (exact) mass is 453 g/mol. The van der Waals surface area contributed by atoms with Crippen molar-refractivity contribution in [2.45, 2.75) is 0 Å². The molecule has 4 rings (SSSR count). The van der Waals surface area contributed by atoms with Crippen LogP contribution in [0.25, 0.3) is 33.4 Å². The lowest BCUT2D eigenvalue weighted by Gasteiger charge is -2.16. The molecule has 34 heavy (non-hydrogen) atoms. The Morgan fingerprint density at radius 2 is 1.06 bits per heavy atom. The van der Waals surface area contributed by atoms with Crippen molar-refractivity contribution in [1.82, 2.24) is 0 Å². The minimum atomic E-state index is -1.02. The highest BCUT2D eigenvalue weighted by molar-refractivity contribution is 5.95. The zero-order valence-corrected chi connectivity index (χ0v) is 17.8. The largest absolute Gasteiger partial charge is 0.478 e. The number of carboxylic acids is 2. The van der Waals surface area contributed by atoms with E-state index in [1.165, 1.54) is 24.3 Å². The van der Waals surface area contributed by atoms with Crippen molar-refractivity contribution in [2.24, 2.45) is 0 Å². The summed E-state index contributed by atoms with van der Waals surface area (Å²) >= 11 is 0. The van der Waals surface area contributed by atoms with Crippen LogP contribution in [-0.4, -0.2) is 28.6 Å². The molecule has 0 aromatic heterocycles. The van der Waals surface area contributed by atoms with E-state index in [4.69, 9.17) is 10.5 Å². The van der Waals surface area contributed by atoms with E-state index >= 15 is 0 Å². The summed E-state index contributed by atoms with van der Waals surface area (Å²) in [5.74, 6) is -1.64. The van der Waals surface area contributed by atoms with Gasteiger partial charge in [0.1, 0.15) is 5.75 Å². The molecule has 7 nitrogen and oxygen atoms in total. The number of ether oxygens (including phenoxy) is 1. The van der Waals surface area contributed by atoms with Crippen LogP contribution in [0.5, 0.6) is 5.75 Å². The lowest BCUT2D eigenvalue weighted by molar-refractivity contribution is -0.120. The third-order valence-electron chi connectivity index (χ3n) is 5.44. The molecule has 0 spiro atoms. The third kappa shape index (κ3) is 4.49. The van der Waals surface area contributed by atoms with Crippen molar-refractivity contribution >= 4 is 24.1 Å². The van der Waals surface area contributed by atoms with Gasteiger partial charge < -0.3 is 20.7 Å². The molecular formula is C27H19NO6. The Bertz CT molecular complexity index is 1300. The van der Waals surface area contributed by atoms with Gasteiger partial charge in [0, 0.05) is 16.8 Å². The molecule has 0 atom stereocenters. The van der Waals surface area contributed by atoms with Crippen LogP contribution in [0.3, 0.4) is 0 Å². The molecule has 4 aromatic carbocycles. The number of nitrogen functional groups attached to an aromatic ring is 1. The Balaban J connectivity index is 1.88. The summed E-state index contributed by atoms with van der Waals surface area (Å²) in [5.41, 5.74) is 11.9. The number of benzene rings is 4. The number of carbonyl (C=O) groups is 3. The van der Waals surface area contributed by atoms with Gasteiger partial charge >= 0.3 is 11.9 Å². The van der Waals surface area contributed by atoms with E-state index in [0.717, 1.165) is 22.3 Å². The molecule has 0 radical (unpaired) electrons. The number of nitrogens with two attached hydrogens (primary N) is 1. The zero-order valence-electron chi connectivity index (χ0n) is 17.8. The number of carbonyl (C=O) groups excluding carboxylic acids is 1. The Labute approximate surface area is 194 Å². The molecule has 0 aliphatic rings. The second-order valence-corrected chi connectivity index (χ2v) is 7.49. The van der Waals surface area contributed by atoms with Gasteiger partial charge in [0.15, 0.2) is 0 Å². The van der Waals surface area contributed by atoms with Gasteiger partial charge in [-0.15, -0.1) is 0 Å². The predicted octanol–water partition coefficient (Wildman–Crippen LogP) is 5.20. The summed E-state index contributed by atoms with van der Waals surface area (Å²) in [6.07, 6.45) is 0. The molecule has 0 saturated carbocycles. The van der Waals surface area contributed by atoms with Gasteiger partial charge in [-0.2, -0.15) is 0 Å². The second-order valence-electron chi connectivity index (χ2n) is 7.49. The first-order chi connectivity index (χ1) is 16.4. The van der Waals surface area contributed by atoms with Crippen molar-refractivity contribution in [3.63, 3.8) is 0 Å². The lowest BCUT2D eigenvalue weighted by Crippen LogP contribution is -1.99. The minimum Gasteiger partial charge on any atom is -0.478 e. The minimum absolute atomic E-state index is 0.161. The van der Waals surface area contributed by atoms with Gasteiger partial charge in [0.05, 0.1) is 11.1 Å². The van der Waals surface area contributed by atoms with Gasteiger partial charge in [0.25, 0.3) is 6.47 Å². The van der Waals surface area contributed by atoms with Crippen molar-refractivity contribution in [2.75, 3.05) is 5.73 Å². The average molecular weight is 453 g/mol. The van der Waals surface area contributed by atoms with E-state index < -0.39 is 11.9 Å². The molecule has 0 bridgehead atoms. The number of rotatable bonds is 7. The highest BCUT2D eigenvalue weighted by Crippen LogP contribution is 2.39. The normalized spacial score (nSPS) is 10.5. The predicted molar refractivity (Wildman–Crippen MR) is 128 cm³/mol. The molecule has 168 valence electrons. The second kappa shape index (κ2) is 9.30. The molecular weight excluding hydrogens is 434 g/mol. The van der Waals surface area contributed by atoms with E-state index in [-0.39, 0.29) is 11.1 Å². The molecule has 0 unspecified atom stereocenters. The lowest BCUT2D eigenvalue weighted by atomic mass is 9.90. The number of carboxylic acid groups (broad SMARTS) is 2. The first-order valence-electron chi connectivity index (χ1n) is 10.2. The highest BCUT2D eigenvalue weighted by Gasteiger charge is 2.15. The van der Waals surface area contributed by atoms with Gasteiger partial charge in [-0.25, -0.2) is 9.59 Å². The molecule has 4 N–H and O–H groups in total. The van der Waals surface area contributed by atoms with Crippen LogP contribution in [0, 0.1) is 0 Å². The topological polar surface area (TPSA) is 127 Å². The molecule has 0 aliphatic carbocycles. The number of hydrogen-bond acceptors (Lipinski definition) is 5. The maximum atomic E-state index is 11.2. The van der Waals surface area contributed by atoms with Crippen molar-refractivity contribution in [3.05, 3.63) is 96.1 Å². The summed E-state index contributed by atoms with van der Waals surface area (Å²) in [5, 5.41) is 18.4. The average Bonchev–Trinajstić information content (AvgIpc) is 2.85. The molecule has 0 saturated heterocycles. The molecule has 0 aliphatic heterocycles. The fourth-order valence-corrected chi connectivity index (χ4v) is 3.66. The fraction of sp³-hybridized carbons (Fsp3) is 0. The number of anilines is 1. The summed E-state index contributed by atoms with van der Waals surface area (Å²) in [6, 6.07) is 23.6. The van der Waals surface area contributed by atoms with Crippen LogP contribution in [0.1, 0.15) is 20.7 Å². The Morgan fingerprint density at radius 3 is 1.44 bits per heavy atom. The maximum Gasteiger partial charge on any atom is 0.335 e. The highest BCUT2D eigenvalue weighted by atomic mass is 16.5. The Hall–Kier alpha value is -4.91. The third-order valence-corrected chi connectivity index (χ3v) is 5.44. The first kappa shape index (κ1) is 22.3. The van der Waals surface area contributed by atoms with Crippen LogP contribution >= 0.6 is 0 Å². The fourth-order valence-electron chi connectivity index (χ4n) is 3.66. The zero-order chi connectivity index (χ0) is 24.2. The van der Waals surface area contributed by atoms with E-state index in [1.807, 2.05) is 12.1 Å². The van der Waals surface area contributed by atoms with E-state index in [2.05, 4.69) is 0 Å². The molecule has 4 aromatic rings. The van der Waals surface area contributed by atoms with E-state index in [1.54, 1.807) is 48.5 Å².